The van der Waals surface area contributed by atoms with Gasteiger partial charge in [-0.3, -0.25) is 4.79 Å². The highest BCUT2D eigenvalue weighted by Gasteiger charge is 2.18. The molecule has 0 radical (unpaired) electrons. The number of ether oxygens (including phenoxy) is 1. The second-order valence-corrected chi connectivity index (χ2v) is 7.76. The number of benzene rings is 2. The smallest absolute Gasteiger partial charge is 0.271 e. The Morgan fingerprint density at radius 1 is 1.22 bits per heavy atom. The summed E-state index contributed by atoms with van der Waals surface area (Å²) in [5, 5.41) is 22.9. The second-order valence-electron chi connectivity index (χ2n) is 5.61. The Kier molecular flexibility index (Phi) is 6.03. The Morgan fingerprint density at radius 3 is 2.56 bits per heavy atom. The van der Waals surface area contributed by atoms with E-state index in [1.807, 2.05) is 0 Å². The number of phenols is 2. The van der Waals surface area contributed by atoms with Gasteiger partial charge in [-0.1, -0.05) is 6.07 Å². The highest BCUT2D eigenvalue weighted by molar-refractivity contribution is 7.89. The van der Waals surface area contributed by atoms with Gasteiger partial charge in [0.15, 0.2) is 11.5 Å². The molecule has 0 atom stereocenters. The molecule has 0 aliphatic heterocycles. The average Bonchev–Trinajstić information content (AvgIpc) is 2.64. The zero-order valence-corrected chi connectivity index (χ0v) is 15.7. The summed E-state index contributed by atoms with van der Waals surface area (Å²) in [5.74, 6) is -1.37. The number of nitrogens with one attached hydrogen (secondary N) is 1. The van der Waals surface area contributed by atoms with Crippen molar-refractivity contribution < 1.29 is 28.2 Å². The van der Waals surface area contributed by atoms with Crippen LogP contribution in [0.25, 0.3) is 0 Å². The third kappa shape index (κ3) is 4.54. The van der Waals surface area contributed by atoms with Crippen molar-refractivity contribution in [3.05, 3.63) is 47.5 Å². The zero-order valence-electron chi connectivity index (χ0n) is 14.9. The molecule has 3 N–H and O–H groups in total. The molecule has 0 aliphatic carbocycles. The van der Waals surface area contributed by atoms with E-state index in [0.717, 1.165) is 4.31 Å². The van der Waals surface area contributed by atoms with E-state index in [1.54, 1.807) is 0 Å². The van der Waals surface area contributed by atoms with Gasteiger partial charge in [-0.15, -0.1) is 0 Å². The second kappa shape index (κ2) is 8.06. The minimum absolute atomic E-state index is 0.0164. The lowest BCUT2D eigenvalue weighted by Gasteiger charge is -2.11. The van der Waals surface area contributed by atoms with Gasteiger partial charge >= 0.3 is 0 Å². The van der Waals surface area contributed by atoms with Crippen molar-refractivity contribution in [1.29, 1.82) is 0 Å². The standard InChI is InChI=1S/C17H19N3O6S/c1-20(2)27(24,25)13-6-4-5-12(9-13)17(23)19-18-10-11-7-14(21)16(22)15(8-11)26-3/h4-10,21-22H,1-3H3,(H,19,23)/b18-10+. The van der Waals surface area contributed by atoms with Crippen LogP contribution in [0.15, 0.2) is 46.4 Å². The van der Waals surface area contributed by atoms with Crippen molar-refractivity contribution in [3.63, 3.8) is 0 Å². The molecule has 0 aromatic heterocycles. The predicted octanol–water partition coefficient (Wildman–Crippen LogP) is 1.12. The summed E-state index contributed by atoms with van der Waals surface area (Å²) < 4.78 is 30.2. The van der Waals surface area contributed by atoms with Crippen LogP contribution in [0.1, 0.15) is 15.9 Å². The first-order chi connectivity index (χ1) is 12.7. The van der Waals surface area contributed by atoms with Crippen LogP contribution >= 0.6 is 0 Å². The first kappa shape index (κ1) is 20.2. The summed E-state index contributed by atoms with van der Waals surface area (Å²) in [4.78, 5) is 12.2. The quantitative estimate of drug-likeness (QED) is 0.383. The SMILES string of the molecule is COc1cc(/C=N/NC(=O)c2cccc(S(=O)(=O)N(C)C)c2)cc(O)c1O. The number of rotatable bonds is 6. The Hall–Kier alpha value is -3.11. The van der Waals surface area contributed by atoms with Crippen molar-refractivity contribution in [2.75, 3.05) is 21.2 Å². The van der Waals surface area contributed by atoms with Crippen molar-refractivity contribution >= 4 is 22.1 Å². The lowest BCUT2D eigenvalue weighted by molar-refractivity contribution is 0.0955. The average molecular weight is 393 g/mol. The third-order valence-corrected chi connectivity index (χ3v) is 5.36. The van der Waals surface area contributed by atoms with E-state index in [9.17, 15) is 23.4 Å². The van der Waals surface area contributed by atoms with Crippen molar-refractivity contribution in [2.45, 2.75) is 4.90 Å². The normalized spacial score (nSPS) is 11.7. The summed E-state index contributed by atoms with van der Waals surface area (Å²) >= 11 is 0. The number of hydrazone groups is 1. The van der Waals surface area contributed by atoms with E-state index in [1.165, 1.54) is 63.8 Å². The molecule has 0 spiro atoms. The molecule has 2 aromatic rings. The fourth-order valence-electron chi connectivity index (χ4n) is 2.08. The van der Waals surface area contributed by atoms with Crippen molar-refractivity contribution in [3.8, 4) is 17.2 Å². The largest absolute Gasteiger partial charge is 0.504 e. The predicted molar refractivity (Wildman–Crippen MR) is 98.7 cm³/mol. The highest BCUT2D eigenvalue weighted by atomic mass is 32.2. The number of carbonyl (C=O) groups excluding carboxylic acids is 1. The lowest BCUT2D eigenvalue weighted by atomic mass is 10.2. The van der Waals surface area contributed by atoms with Gasteiger partial charge in [0.1, 0.15) is 0 Å². The molecule has 1 amide bonds. The summed E-state index contributed by atoms with van der Waals surface area (Å²) in [6, 6.07) is 8.19. The molecule has 10 heteroatoms. The molecule has 0 heterocycles. The molecule has 0 bridgehead atoms. The van der Waals surface area contributed by atoms with Crippen LogP contribution in [-0.2, 0) is 10.0 Å². The van der Waals surface area contributed by atoms with E-state index in [0.29, 0.717) is 5.56 Å². The monoisotopic (exact) mass is 393 g/mol. The molecule has 0 aliphatic rings. The maximum absolute atomic E-state index is 12.2. The number of hydrogen-bond donors (Lipinski definition) is 3. The van der Waals surface area contributed by atoms with Crippen LogP contribution in [0.4, 0.5) is 0 Å². The third-order valence-electron chi connectivity index (χ3n) is 3.55. The molecule has 9 nitrogen and oxygen atoms in total. The van der Waals surface area contributed by atoms with Crippen LogP contribution < -0.4 is 10.2 Å². The minimum Gasteiger partial charge on any atom is -0.504 e. The van der Waals surface area contributed by atoms with E-state index in [-0.39, 0.29) is 16.2 Å². The van der Waals surface area contributed by atoms with Crippen LogP contribution in [0.2, 0.25) is 0 Å². The Morgan fingerprint density at radius 2 is 1.93 bits per heavy atom. The number of hydrogen-bond acceptors (Lipinski definition) is 7. The molecular weight excluding hydrogens is 374 g/mol. The first-order valence-electron chi connectivity index (χ1n) is 7.62. The molecule has 0 unspecified atom stereocenters. The fourth-order valence-corrected chi connectivity index (χ4v) is 3.03. The number of aromatic hydroxyl groups is 2. The number of amides is 1. The van der Waals surface area contributed by atoms with E-state index >= 15 is 0 Å². The van der Waals surface area contributed by atoms with Gasteiger partial charge in [-0.25, -0.2) is 18.1 Å². The molecule has 144 valence electrons. The Labute approximate surface area is 156 Å². The van der Waals surface area contributed by atoms with Crippen LogP contribution in [0.3, 0.4) is 0 Å². The number of sulfonamides is 1. The number of nitrogens with zero attached hydrogens (tertiary/aromatic N) is 2. The highest BCUT2D eigenvalue weighted by Crippen LogP contribution is 2.35. The first-order valence-corrected chi connectivity index (χ1v) is 9.06. The molecule has 0 saturated heterocycles. The lowest BCUT2D eigenvalue weighted by Crippen LogP contribution is -2.23. The Balaban J connectivity index is 2.17. The van der Waals surface area contributed by atoms with E-state index in [4.69, 9.17) is 4.74 Å². The van der Waals surface area contributed by atoms with Gasteiger partial charge in [0.25, 0.3) is 5.91 Å². The van der Waals surface area contributed by atoms with Gasteiger partial charge < -0.3 is 14.9 Å². The summed E-state index contributed by atoms with van der Waals surface area (Å²) in [6.07, 6.45) is 1.24. The topological polar surface area (TPSA) is 129 Å². The maximum Gasteiger partial charge on any atom is 0.271 e. The molecular formula is C17H19N3O6S. The van der Waals surface area contributed by atoms with Gasteiger partial charge in [0.2, 0.25) is 15.8 Å². The summed E-state index contributed by atoms with van der Waals surface area (Å²) in [5.41, 5.74) is 2.74. The summed E-state index contributed by atoms with van der Waals surface area (Å²) in [6.45, 7) is 0. The zero-order chi connectivity index (χ0) is 20.2. The van der Waals surface area contributed by atoms with Crippen LogP contribution in [-0.4, -0.2) is 56.3 Å². The fraction of sp³-hybridized carbons (Fsp3) is 0.176. The molecule has 27 heavy (non-hydrogen) atoms. The van der Waals surface area contributed by atoms with Gasteiger partial charge in [0.05, 0.1) is 18.2 Å². The van der Waals surface area contributed by atoms with Gasteiger partial charge in [-0.05, 0) is 30.3 Å². The number of methoxy groups -OCH3 is 1. The summed E-state index contributed by atoms with van der Waals surface area (Å²) in [7, 11) is 0.455. The molecule has 2 aromatic carbocycles. The molecule has 2 rings (SSSR count). The van der Waals surface area contributed by atoms with Crippen LogP contribution in [0.5, 0.6) is 17.2 Å². The minimum atomic E-state index is -3.66. The van der Waals surface area contributed by atoms with E-state index < -0.39 is 27.4 Å². The van der Waals surface area contributed by atoms with Crippen molar-refractivity contribution in [2.24, 2.45) is 5.10 Å². The maximum atomic E-state index is 12.2. The van der Waals surface area contributed by atoms with E-state index in [2.05, 4.69) is 10.5 Å². The number of carbonyl (C=O) groups is 1. The molecule has 0 fully saturated rings. The molecule has 0 saturated carbocycles. The number of phenolic OH excluding ortho intramolecular Hbond substituents is 2. The van der Waals surface area contributed by atoms with Crippen LogP contribution in [0, 0.1) is 0 Å². The van der Waals surface area contributed by atoms with Gasteiger partial charge in [-0.2, -0.15) is 5.10 Å². The van der Waals surface area contributed by atoms with Gasteiger partial charge in [0, 0.05) is 25.2 Å². The Bertz CT molecular complexity index is 986. The van der Waals surface area contributed by atoms with Crippen molar-refractivity contribution in [1.82, 2.24) is 9.73 Å².